The van der Waals surface area contributed by atoms with Crippen LogP contribution in [-0.4, -0.2) is 78.6 Å². The molecule has 10 heteroatoms. The maximum Gasteiger partial charge on any atom is 0.326 e. The molecule has 0 bridgehead atoms. The summed E-state index contributed by atoms with van der Waals surface area (Å²) in [5, 5.41) is 2.99. The molecule has 1 N–H and O–H groups in total. The number of urea groups is 1. The number of rotatable bonds is 5. The highest BCUT2D eigenvalue weighted by molar-refractivity contribution is 7.89. The highest BCUT2D eigenvalue weighted by atomic mass is 32.2. The molecule has 2 heterocycles. The molecule has 2 aliphatic heterocycles. The number of nitrogens with one attached hydrogen (secondary N) is 1. The van der Waals surface area contributed by atoms with Crippen LogP contribution in [0.15, 0.2) is 29.2 Å². The zero-order valence-electron chi connectivity index (χ0n) is 20.3. The van der Waals surface area contributed by atoms with Crippen molar-refractivity contribution in [3.05, 3.63) is 29.8 Å². The molecule has 4 rings (SSSR count). The van der Waals surface area contributed by atoms with Gasteiger partial charge in [-0.2, -0.15) is 4.31 Å². The van der Waals surface area contributed by atoms with E-state index in [1.165, 1.54) is 28.3 Å². The fraction of sp³-hybridized carbons (Fsp3) is 0.625. The second-order valence-corrected chi connectivity index (χ2v) is 12.8. The van der Waals surface area contributed by atoms with Crippen LogP contribution in [0.1, 0.15) is 57.3 Å². The molecule has 1 aromatic carbocycles. The van der Waals surface area contributed by atoms with E-state index in [0.717, 1.165) is 6.42 Å². The predicted octanol–water partition coefficient (Wildman–Crippen LogP) is 2.29. The summed E-state index contributed by atoms with van der Waals surface area (Å²) in [7, 11) is -3.74. The van der Waals surface area contributed by atoms with E-state index >= 15 is 0 Å². The molecule has 3 fully saturated rings. The first-order valence-electron chi connectivity index (χ1n) is 11.8. The summed E-state index contributed by atoms with van der Waals surface area (Å²) in [6, 6.07) is 5.70. The molecule has 0 unspecified atom stereocenters. The van der Waals surface area contributed by atoms with Gasteiger partial charge in [0.25, 0.3) is 5.91 Å². The highest BCUT2D eigenvalue weighted by Crippen LogP contribution is 2.46. The first-order chi connectivity index (χ1) is 15.8. The summed E-state index contributed by atoms with van der Waals surface area (Å²) in [4.78, 5) is 41.1. The van der Waals surface area contributed by atoms with Crippen molar-refractivity contribution in [2.75, 3.05) is 32.8 Å². The molecule has 0 radical (unpaired) electrons. The second kappa shape index (κ2) is 8.73. The van der Waals surface area contributed by atoms with Gasteiger partial charge in [-0.3, -0.25) is 14.5 Å². The monoisotopic (exact) mass is 490 g/mol. The Hall–Kier alpha value is -2.30. The molecular formula is C24H34N4O5S. The summed E-state index contributed by atoms with van der Waals surface area (Å²) in [5.41, 5.74) is -0.519. The Bertz CT molecular complexity index is 1110. The number of carbonyl (C=O) groups is 3. The number of Topliss-reactive ketones (excluding diaryl/α,β-unsaturated/α-hetero) is 1. The van der Waals surface area contributed by atoms with Crippen LogP contribution < -0.4 is 5.32 Å². The standard InChI is InChI=1S/C24H34N4O5S/c1-17-13-23(3,4)15-24(14-17)21(30)28(22(31)25-24)16-26-8-10-27(11-9-26)34(32,33)20-7-5-6-19(12-20)18(2)29/h5-7,12,17H,8-11,13-16H2,1-4H3,(H,25,31)/t17-,24+/m0/s1. The Balaban J connectivity index is 1.41. The van der Waals surface area contributed by atoms with E-state index in [9.17, 15) is 22.8 Å². The first-order valence-corrected chi connectivity index (χ1v) is 13.2. The zero-order chi connectivity index (χ0) is 24.9. The van der Waals surface area contributed by atoms with E-state index in [0.29, 0.717) is 37.4 Å². The summed E-state index contributed by atoms with van der Waals surface area (Å²) in [6.45, 7) is 9.23. The molecule has 1 saturated carbocycles. The molecule has 2 saturated heterocycles. The van der Waals surface area contributed by atoms with Gasteiger partial charge in [0.2, 0.25) is 10.0 Å². The third-order valence-corrected chi connectivity index (χ3v) is 9.07. The number of sulfonamides is 1. The third kappa shape index (κ3) is 4.63. The summed E-state index contributed by atoms with van der Waals surface area (Å²) in [5.74, 6) is -0.0274. The van der Waals surface area contributed by atoms with Crippen LogP contribution in [0.4, 0.5) is 4.79 Å². The summed E-state index contributed by atoms with van der Waals surface area (Å²) in [6.07, 6.45) is 2.28. The van der Waals surface area contributed by atoms with E-state index in [1.54, 1.807) is 12.1 Å². The van der Waals surface area contributed by atoms with Crippen molar-refractivity contribution < 1.29 is 22.8 Å². The van der Waals surface area contributed by atoms with Gasteiger partial charge in [0, 0.05) is 31.7 Å². The van der Waals surface area contributed by atoms with E-state index in [1.807, 2.05) is 4.90 Å². The van der Waals surface area contributed by atoms with Gasteiger partial charge in [0.15, 0.2) is 5.78 Å². The van der Waals surface area contributed by atoms with Gasteiger partial charge in [0.05, 0.1) is 11.6 Å². The molecule has 3 amide bonds. The van der Waals surface area contributed by atoms with Gasteiger partial charge in [-0.25, -0.2) is 18.1 Å². The van der Waals surface area contributed by atoms with Crippen LogP contribution >= 0.6 is 0 Å². The SMILES string of the molecule is CC(=O)c1cccc(S(=O)(=O)N2CCN(CN3C(=O)N[C@@]4(C[C@@H](C)CC(C)(C)C4)C3=O)CC2)c1. The van der Waals surface area contributed by atoms with Crippen molar-refractivity contribution in [1.82, 2.24) is 19.4 Å². The number of carbonyl (C=O) groups excluding carboxylic acids is 3. The number of hydrogen-bond acceptors (Lipinski definition) is 6. The molecule has 3 aliphatic rings. The molecule has 0 aromatic heterocycles. The van der Waals surface area contributed by atoms with Crippen molar-refractivity contribution >= 4 is 27.7 Å². The average molecular weight is 491 g/mol. The fourth-order valence-corrected chi connectivity index (χ4v) is 7.44. The lowest BCUT2D eigenvalue weighted by atomic mass is 9.64. The number of piperazine rings is 1. The minimum atomic E-state index is -3.74. The van der Waals surface area contributed by atoms with Crippen LogP contribution in [-0.2, 0) is 14.8 Å². The number of hydrogen-bond donors (Lipinski definition) is 1. The molecule has 1 spiro atoms. The topological polar surface area (TPSA) is 107 Å². The molecule has 1 aliphatic carbocycles. The molecule has 34 heavy (non-hydrogen) atoms. The molecular weight excluding hydrogens is 456 g/mol. The van der Waals surface area contributed by atoms with Crippen molar-refractivity contribution in [3.8, 4) is 0 Å². The van der Waals surface area contributed by atoms with E-state index < -0.39 is 15.6 Å². The zero-order valence-corrected chi connectivity index (χ0v) is 21.2. The quantitative estimate of drug-likeness (QED) is 0.501. The lowest BCUT2D eigenvalue weighted by Gasteiger charge is -2.44. The van der Waals surface area contributed by atoms with E-state index in [-0.39, 0.29) is 47.8 Å². The van der Waals surface area contributed by atoms with Crippen LogP contribution in [0.5, 0.6) is 0 Å². The van der Waals surface area contributed by atoms with Crippen LogP contribution in [0, 0.1) is 11.3 Å². The predicted molar refractivity (Wildman–Crippen MR) is 127 cm³/mol. The van der Waals surface area contributed by atoms with Crippen LogP contribution in [0.25, 0.3) is 0 Å². The van der Waals surface area contributed by atoms with Gasteiger partial charge < -0.3 is 5.32 Å². The normalized spacial score (nSPS) is 28.4. The average Bonchev–Trinajstić information content (AvgIpc) is 2.96. The molecule has 186 valence electrons. The Labute approximate surface area is 201 Å². The molecule has 2 atom stereocenters. The Morgan fingerprint density at radius 2 is 1.79 bits per heavy atom. The summed E-state index contributed by atoms with van der Waals surface area (Å²) < 4.78 is 27.5. The Morgan fingerprint density at radius 1 is 1.12 bits per heavy atom. The van der Waals surface area contributed by atoms with E-state index in [4.69, 9.17) is 0 Å². The largest absolute Gasteiger partial charge is 0.326 e. The minimum Gasteiger partial charge on any atom is -0.323 e. The lowest BCUT2D eigenvalue weighted by Crippen LogP contribution is -2.55. The molecule has 9 nitrogen and oxygen atoms in total. The van der Waals surface area contributed by atoms with Crippen LogP contribution in [0.2, 0.25) is 0 Å². The Morgan fingerprint density at radius 3 is 2.41 bits per heavy atom. The maximum atomic E-state index is 13.4. The van der Waals surface area contributed by atoms with Gasteiger partial charge in [0.1, 0.15) is 5.54 Å². The van der Waals surface area contributed by atoms with Crippen molar-refractivity contribution in [1.29, 1.82) is 0 Å². The number of imide groups is 1. The van der Waals surface area contributed by atoms with Gasteiger partial charge in [-0.05, 0) is 49.7 Å². The van der Waals surface area contributed by atoms with Gasteiger partial charge in [-0.15, -0.1) is 0 Å². The van der Waals surface area contributed by atoms with Crippen molar-refractivity contribution in [3.63, 3.8) is 0 Å². The lowest BCUT2D eigenvalue weighted by molar-refractivity contribution is -0.136. The smallest absolute Gasteiger partial charge is 0.323 e. The summed E-state index contributed by atoms with van der Waals surface area (Å²) >= 11 is 0. The number of benzene rings is 1. The van der Waals surface area contributed by atoms with E-state index in [2.05, 4.69) is 26.1 Å². The van der Waals surface area contributed by atoms with Gasteiger partial charge >= 0.3 is 6.03 Å². The Kier molecular flexibility index (Phi) is 6.37. The number of amides is 3. The van der Waals surface area contributed by atoms with Crippen molar-refractivity contribution in [2.24, 2.45) is 11.3 Å². The number of ketones is 1. The van der Waals surface area contributed by atoms with Crippen LogP contribution in [0.3, 0.4) is 0 Å². The first kappa shape index (κ1) is 24.8. The highest BCUT2D eigenvalue weighted by Gasteiger charge is 2.56. The maximum absolute atomic E-state index is 13.4. The van der Waals surface area contributed by atoms with Gasteiger partial charge in [-0.1, -0.05) is 32.9 Å². The number of nitrogens with zero attached hydrogens (tertiary/aromatic N) is 3. The minimum absolute atomic E-state index is 0.0315. The third-order valence-electron chi connectivity index (χ3n) is 7.18. The van der Waals surface area contributed by atoms with Crippen molar-refractivity contribution in [2.45, 2.75) is 57.4 Å². The molecule has 1 aromatic rings. The fourth-order valence-electron chi connectivity index (χ4n) is 5.97. The second-order valence-electron chi connectivity index (χ2n) is 10.8.